The predicted octanol–water partition coefficient (Wildman–Crippen LogP) is 4.51. The van der Waals surface area contributed by atoms with Gasteiger partial charge in [0.2, 0.25) is 5.96 Å². The first kappa shape index (κ1) is 19.6. The minimum absolute atomic E-state index is 0.0154. The molecule has 0 aliphatic carbocycles. The zero-order valence-corrected chi connectivity index (χ0v) is 17.1. The second-order valence-corrected chi connectivity index (χ2v) is 7.59. The molecule has 0 radical (unpaired) electrons. The number of Topliss-reactive ketones (excluding diaryl/α,β-unsaturated/α-hetero) is 1. The lowest BCUT2D eigenvalue weighted by Crippen LogP contribution is -2.28. The van der Waals surface area contributed by atoms with Crippen LogP contribution in [-0.2, 0) is 0 Å². The molecule has 3 aromatic rings. The van der Waals surface area contributed by atoms with E-state index in [4.69, 9.17) is 15.1 Å². The monoisotopic (exact) mass is 394 g/mol. The van der Waals surface area contributed by atoms with Crippen molar-refractivity contribution in [3.05, 3.63) is 70.0 Å². The molecule has 0 atom stereocenters. The van der Waals surface area contributed by atoms with Crippen LogP contribution in [-0.4, -0.2) is 22.8 Å². The van der Waals surface area contributed by atoms with E-state index in [1.165, 1.54) is 18.5 Å². The van der Waals surface area contributed by atoms with Gasteiger partial charge in [0, 0.05) is 16.1 Å². The van der Waals surface area contributed by atoms with Crippen molar-refractivity contribution in [3.63, 3.8) is 0 Å². The molecule has 0 bridgehead atoms. The average molecular weight is 395 g/mol. The van der Waals surface area contributed by atoms with Crippen LogP contribution in [0.1, 0.15) is 27.7 Å². The van der Waals surface area contributed by atoms with Gasteiger partial charge in [-0.2, -0.15) is 0 Å². The van der Waals surface area contributed by atoms with E-state index in [1.54, 1.807) is 29.3 Å². The summed E-state index contributed by atoms with van der Waals surface area (Å²) in [6.45, 7) is 5.48. The lowest BCUT2D eigenvalue weighted by atomic mass is 10.1. The Morgan fingerprint density at radius 2 is 1.86 bits per heavy atom. The van der Waals surface area contributed by atoms with Gasteiger partial charge < -0.3 is 10.1 Å². The van der Waals surface area contributed by atoms with E-state index in [9.17, 15) is 4.79 Å². The maximum Gasteiger partial charge on any atom is 0.223 e. The van der Waals surface area contributed by atoms with Crippen LogP contribution in [0.4, 0.5) is 11.4 Å². The van der Waals surface area contributed by atoms with Gasteiger partial charge in [-0.15, -0.1) is 0 Å². The number of methoxy groups -OCH3 is 1. The number of hydrogen-bond acceptors (Lipinski definition) is 5. The molecule has 0 saturated carbocycles. The number of carbonyl (C=O) groups excluding carboxylic acids is 1. The molecule has 0 spiro atoms. The summed E-state index contributed by atoms with van der Waals surface area (Å²) in [5.41, 5.74) is 3.48. The summed E-state index contributed by atoms with van der Waals surface area (Å²) in [5.74, 6) is 1.15. The fourth-order valence-corrected chi connectivity index (χ4v) is 3.45. The predicted molar refractivity (Wildman–Crippen MR) is 113 cm³/mol. The van der Waals surface area contributed by atoms with Crippen LogP contribution in [0.15, 0.2) is 53.5 Å². The minimum atomic E-state index is 0.0154. The molecule has 0 amide bonds. The number of ketones is 1. The number of nitrogens with zero attached hydrogens (tertiary/aromatic N) is 2. The molecule has 0 unspecified atom stereocenters. The van der Waals surface area contributed by atoms with Crippen molar-refractivity contribution in [1.82, 2.24) is 3.96 Å². The average Bonchev–Trinajstić information content (AvgIpc) is 3.00. The molecule has 6 nitrogen and oxygen atoms in total. The number of aromatic nitrogens is 1. The van der Waals surface area contributed by atoms with E-state index in [1.807, 2.05) is 44.2 Å². The summed E-state index contributed by atoms with van der Waals surface area (Å²) < 4.78 is 7.16. The Hall–Kier alpha value is -3.19. The van der Waals surface area contributed by atoms with Gasteiger partial charge in [-0.3, -0.25) is 10.2 Å². The van der Waals surface area contributed by atoms with Gasteiger partial charge >= 0.3 is 0 Å². The summed E-state index contributed by atoms with van der Waals surface area (Å²) in [6.07, 6.45) is 0. The number of carbonyl (C=O) groups is 1. The molecule has 0 fully saturated rings. The van der Waals surface area contributed by atoms with Crippen molar-refractivity contribution in [1.29, 1.82) is 5.41 Å². The molecule has 2 N–H and O–H groups in total. The van der Waals surface area contributed by atoms with E-state index in [0.717, 1.165) is 16.1 Å². The van der Waals surface area contributed by atoms with Gasteiger partial charge in [0.25, 0.3) is 0 Å². The van der Waals surface area contributed by atoms with Crippen LogP contribution in [0.2, 0.25) is 0 Å². The number of ether oxygens (including phenoxy) is 1. The lowest BCUT2D eigenvalue weighted by molar-refractivity contribution is 0.101. The Bertz CT molecular complexity index is 1090. The molecule has 3 rings (SSSR count). The van der Waals surface area contributed by atoms with Crippen LogP contribution < -0.4 is 15.5 Å². The van der Waals surface area contributed by atoms with Crippen molar-refractivity contribution in [3.8, 4) is 5.75 Å². The van der Waals surface area contributed by atoms with Gasteiger partial charge in [0.15, 0.2) is 5.78 Å². The number of anilines is 1. The highest BCUT2D eigenvalue weighted by molar-refractivity contribution is 7.07. The molecule has 1 aromatic heterocycles. The topological polar surface area (TPSA) is 79.5 Å². The van der Waals surface area contributed by atoms with Crippen LogP contribution in [0, 0.1) is 19.3 Å². The van der Waals surface area contributed by atoms with Crippen molar-refractivity contribution in [2.24, 2.45) is 4.99 Å². The fraction of sp³-hybridized carbons (Fsp3) is 0.190. The molecule has 7 heteroatoms. The summed E-state index contributed by atoms with van der Waals surface area (Å²) in [7, 11) is 1.61. The first-order valence-electron chi connectivity index (χ1n) is 8.73. The Kier molecular flexibility index (Phi) is 5.75. The normalized spacial score (nSPS) is 11.4. The summed E-state index contributed by atoms with van der Waals surface area (Å²) in [6, 6.07) is 14.7. The van der Waals surface area contributed by atoms with Crippen molar-refractivity contribution < 1.29 is 9.53 Å². The molecular formula is C21H22N4O2S. The number of nitrogens with one attached hydrogen (secondary N) is 2. The molecule has 0 saturated heterocycles. The van der Waals surface area contributed by atoms with Crippen molar-refractivity contribution in [2.75, 3.05) is 12.4 Å². The van der Waals surface area contributed by atoms with E-state index >= 15 is 0 Å². The van der Waals surface area contributed by atoms with Crippen molar-refractivity contribution in [2.45, 2.75) is 20.8 Å². The highest BCUT2D eigenvalue weighted by atomic mass is 32.1. The maximum atomic E-state index is 11.5. The third kappa shape index (κ3) is 4.37. The van der Waals surface area contributed by atoms with Crippen LogP contribution in [0.5, 0.6) is 5.75 Å². The Labute approximate surface area is 167 Å². The van der Waals surface area contributed by atoms with E-state index in [-0.39, 0.29) is 5.78 Å². The molecule has 1 heterocycles. The number of hydrogen-bond donors (Lipinski definition) is 2. The van der Waals surface area contributed by atoms with E-state index < -0.39 is 0 Å². The van der Waals surface area contributed by atoms with Crippen LogP contribution in [0.25, 0.3) is 0 Å². The highest BCUT2D eigenvalue weighted by Crippen LogP contribution is 2.29. The number of aliphatic imine (C=N–C) groups is 1. The molecule has 2 aromatic carbocycles. The van der Waals surface area contributed by atoms with Gasteiger partial charge in [0.1, 0.15) is 16.9 Å². The largest absolute Gasteiger partial charge is 0.494 e. The second kappa shape index (κ2) is 8.22. The van der Waals surface area contributed by atoms with Crippen molar-refractivity contribution >= 4 is 34.7 Å². The standard InChI is InChI=1S/C21H22N4O2S/c1-13-5-10-19(27-4)18(11-13)24-21(25-20(22)12-14(2)28-25)23-17-8-6-16(7-9-17)15(3)26/h5-12,22H,1-4H3,(H,23,24). The molecule has 144 valence electrons. The Morgan fingerprint density at radius 1 is 1.14 bits per heavy atom. The zero-order valence-electron chi connectivity index (χ0n) is 16.2. The minimum Gasteiger partial charge on any atom is -0.494 e. The quantitative estimate of drug-likeness (QED) is 0.388. The summed E-state index contributed by atoms with van der Waals surface area (Å²) in [5, 5.41) is 11.5. The highest BCUT2D eigenvalue weighted by Gasteiger charge is 2.11. The third-order valence-electron chi connectivity index (χ3n) is 4.09. The Morgan fingerprint density at radius 3 is 2.43 bits per heavy atom. The SMILES string of the molecule is COc1ccc(C)cc1N=C(Nc1ccc(C(C)=O)cc1)n1sc(C)cc1=N. The number of aryl methyl sites for hydroxylation is 2. The third-order valence-corrected chi connectivity index (χ3v) is 5.05. The van der Waals surface area contributed by atoms with E-state index in [2.05, 4.69) is 5.32 Å². The molecule has 0 aliphatic heterocycles. The van der Waals surface area contributed by atoms with Gasteiger partial charge in [-0.25, -0.2) is 8.95 Å². The van der Waals surface area contributed by atoms with Gasteiger partial charge in [-0.1, -0.05) is 17.6 Å². The lowest BCUT2D eigenvalue weighted by Gasteiger charge is -2.12. The fourth-order valence-electron chi connectivity index (χ4n) is 2.67. The van der Waals surface area contributed by atoms with Crippen LogP contribution in [0.3, 0.4) is 0 Å². The van der Waals surface area contributed by atoms with Crippen LogP contribution >= 0.6 is 11.5 Å². The summed E-state index contributed by atoms with van der Waals surface area (Å²) in [4.78, 5) is 17.3. The molecule has 28 heavy (non-hydrogen) atoms. The van der Waals surface area contributed by atoms with Gasteiger partial charge in [0.05, 0.1) is 7.11 Å². The molecular weight excluding hydrogens is 372 g/mol. The number of benzene rings is 2. The second-order valence-electron chi connectivity index (χ2n) is 6.40. The first-order valence-corrected chi connectivity index (χ1v) is 9.51. The van der Waals surface area contributed by atoms with E-state index in [0.29, 0.717) is 28.4 Å². The smallest absolute Gasteiger partial charge is 0.223 e. The maximum absolute atomic E-state index is 11.5. The zero-order chi connectivity index (χ0) is 20.3. The molecule has 0 aliphatic rings. The van der Waals surface area contributed by atoms with Gasteiger partial charge in [-0.05, 0) is 68.8 Å². The first-order chi connectivity index (χ1) is 13.4. The number of rotatable bonds is 4. The summed E-state index contributed by atoms with van der Waals surface area (Å²) >= 11 is 1.43. The Balaban J connectivity index is 2.08.